The van der Waals surface area contributed by atoms with Crippen molar-refractivity contribution in [2.45, 2.75) is 65.9 Å². The zero-order valence-electron chi connectivity index (χ0n) is 11.5. The number of rotatable bonds is 1. The van der Waals surface area contributed by atoms with Crippen molar-refractivity contribution in [3.8, 4) is 0 Å². The lowest BCUT2D eigenvalue weighted by atomic mass is 10.2. The highest BCUT2D eigenvalue weighted by atomic mass is 16.6. The maximum absolute atomic E-state index is 11.4. The van der Waals surface area contributed by atoms with Gasteiger partial charge < -0.3 is 9.64 Å². The zero-order chi connectivity index (χ0) is 12.6. The third kappa shape index (κ3) is 7.55. The molecule has 1 amide bonds. The summed E-state index contributed by atoms with van der Waals surface area (Å²) in [6.45, 7) is 11.7. The van der Waals surface area contributed by atoms with Gasteiger partial charge in [-0.1, -0.05) is 26.7 Å². The Hall–Kier alpha value is -0.730. The van der Waals surface area contributed by atoms with Gasteiger partial charge >= 0.3 is 6.09 Å². The molecule has 3 heteroatoms. The monoisotopic (exact) mass is 229 g/mol. The van der Waals surface area contributed by atoms with Crippen LogP contribution in [0.15, 0.2) is 0 Å². The van der Waals surface area contributed by atoms with Crippen LogP contribution in [0, 0.1) is 0 Å². The quantitative estimate of drug-likeness (QED) is 0.684. The molecule has 1 saturated heterocycles. The van der Waals surface area contributed by atoms with Crippen LogP contribution < -0.4 is 0 Å². The third-order valence-corrected chi connectivity index (χ3v) is 2.26. The van der Waals surface area contributed by atoms with Gasteiger partial charge in [-0.25, -0.2) is 4.79 Å². The third-order valence-electron chi connectivity index (χ3n) is 2.26. The number of nitrogens with zero attached hydrogens (tertiary/aromatic N) is 1. The SMILES string of the molecule is CC(C)(C)OC(=O)N1CCCC1.CCCC. The van der Waals surface area contributed by atoms with Crippen molar-refractivity contribution in [1.82, 2.24) is 4.90 Å². The molecule has 0 unspecified atom stereocenters. The van der Waals surface area contributed by atoms with Crippen molar-refractivity contribution in [2.24, 2.45) is 0 Å². The van der Waals surface area contributed by atoms with Crippen molar-refractivity contribution < 1.29 is 9.53 Å². The topological polar surface area (TPSA) is 29.5 Å². The maximum Gasteiger partial charge on any atom is 0.410 e. The molecule has 16 heavy (non-hydrogen) atoms. The second-order valence-corrected chi connectivity index (χ2v) is 5.17. The Morgan fingerprint density at radius 1 is 1.12 bits per heavy atom. The van der Waals surface area contributed by atoms with Gasteiger partial charge in [-0.05, 0) is 33.6 Å². The number of carbonyl (C=O) groups excluding carboxylic acids is 1. The first-order valence-electron chi connectivity index (χ1n) is 6.38. The summed E-state index contributed by atoms with van der Waals surface area (Å²) >= 11 is 0. The molecule has 0 aromatic heterocycles. The first-order valence-corrected chi connectivity index (χ1v) is 6.38. The van der Waals surface area contributed by atoms with Gasteiger partial charge in [0.2, 0.25) is 0 Å². The van der Waals surface area contributed by atoms with E-state index >= 15 is 0 Å². The molecule has 1 fully saturated rings. The fourth-order valence-electron chi connectivity index (χ4n) is 1.23. The Balaban J connectivity index is 0.000000487. The fourth-order valence-corrected chi connectivity index (χ4v) is 1.23. The minimum absolute atomic E-state index is 0.167. The van der Waals surface area contributed by atoms with E-state index in [1.807, 2.05) is 20.8 Å². The number of carbonyl (C=O) groups is 1. The molecular formula is C13H27NO2. The molecule has 0 bridgehead atoms. The van der Waals surface area contributed by atoms with Crippen LogP contribution in [0.1, 0.15) is 60.3 Å². The highest BCUT2D eigenvalue weighted by molar-refractivity contribution is 5.68. The lowest BCUT2D eigenvalue weighted by Crippen LogP contribution is -2.34. The van der Waals surface area contributed by atoms with E-state index in [9.17, 15) is 4.79 Å². The van der Waals surface area contributed by atoms with Crippen LogP contribution in [0.5, 0.6) is 0 Å². The number of hydrogen-bond donors (Lipinski definition) is 0. The number of ether oxygens (including phenoxy) is 1. The number of amides is 1. The van der Waals surface area contributed by atoms with Crippen LogP contribution in [-0.4, -0.2) is 29.7 Å². The molecule has 3 nitrogen and oxygen atoms in total. The van der Waals surface area contributed by atoms with Crippen molar-refractivity contribution in [1.29, 1.82) is 0 Å². The summed E-state index contributed by atoms with van der Waals surface area (Å²) < 4.78 is 5.21. The molecule has 0 N–H and O–H groups in total. The molecule has 0 atom stereocenters. The van der Waals surface area contributed by atoms with Gasteiger partial charge in [-0.3, -0.25) is 0 Å². The lowest BCUT2D eigenvalue weighted by molar-refractivity contribution is 0.0295. The second kappa shape index (κ2) is 7.53. The van der Waals surface area contributed by atoms with Gasteiger partial charge in [0.15, 0.2) is 0 Å². The Labute approximate surface area is 100 Å². The van der Waals surface area contributed by atoms with E-state index in [1.165, 1.54) is 12.8 Å². The Morgan fingerprint density at radius 2 is 1.56 bits per heavy atom. The number of hydrogen-bond acceptors (Lipinski definition) is 2. The summed E-state index contributed by atoms with van der Waals surface area (Å²) in [5.74, 6) is 0. The normalized spacial score (nSPS) is 15.4. The van der Waals surface area contributed by atoms with Crippen molar-refractivity contribution in [3.05, 3.63) is 0 Å². The number of unbranched alkanes of at least 4 members (excludes halogenated alkanes) is 1. The van der Waals surface area contributed by atoms with Gasteiger partial charge in [0.05, 0.1) is 0 Å². The van der Waals surface area contributed by atoms with Crippen molar-refractivity contribution in [2.75, 3.05) is 13.1 Å². The fraction of sp³-hybridized carbons (Fsp3) is 0.923. The Morgan fingerprint density at radius 3 is 1.88 bits per heavy atom. The average Bonchev–Trinajstić information content (AvgIpc) is 2.68. The smallest absolute Gasteiger partial charge is 0.410 e. The van der Waals surface area contributed by atoms with Crippen LogP contribution in [0.3, 0.4) is 0 Å². The van der Waals surface area contributed by atoms with E-state index in [2.05, 4.69) is 13.8 Å². The largest absolute Gasteiger partial charge is 0.444 e. The van der Waals surface area contributed by atoms with E-state index in [1.54, 1.807) is 4.90 Å². The lowest BCUT2D eigenvalue weighted by Gasteiger charge is -2.23. The first kappa shape index (κ1) is 15.3. The van der Waals surface area contributed by atoms with Crippen molar-refractivity contribution >= 4 is 6.09 Å². The molecular weight excluding hydrogens is 202 g/mol. The van der Waals surface area contributed by atoms with Crippen LogP contribution in [-0.2, 0) is 4.74 Å². The molecule has 1 aliphatic rings. The van der Waals surface area contributed by atoms with Gasteiger partial charge in [-0.15, -0.1) is 0 Å². The zero-order valence-corrected chi connectivity index (χ0v) is 11.5. The standard InChI is InChI=1S/C9H17NO2.C4H10/c1-9(2,3)12-8(11)10-6-4-5-7-10;1-3-4-2/h4-7H2,1-3H3;3-4H2,1-2H3. The minimum Gasteiger partial charge on any atom is -0.444 e. The summed E-state index contributed by atoms with van der Waals surface area (Å²) in [6.07, 6.45) is 4.69. The molecule has 1 rings (SSSR count). The van der Waals surface area contributed by atoms with Crippen molar-refractivity contribution in [3.63, 3.8) is 0 Å². The highest BCUT2D eigenvalue weighted by Gasteiger charge is 2.23. The second-order valence-electron chi connectivity index (χ2n) is 5.17. The molecule has 0 aliphatic carbocycles. The van der Waals surface area contributed by atoms with E-state index in [0.29, 0.717) is 0 Å². The molecule has 1 aliphatic heterocycles. The first-order chi connectivity index (χ1) is 7.40. The Bertz CT molecular complexity index is 189. The Kier molecular flexibility index (Phi) is 7.18. The predicted octanol–water partition coefficient (Wildman–Crippen LogP) is 3.82. The summed E-state index contributed by atoms with van der Waals surface area (Å²) in [4.78, 5) is 13.1. The van der Waals surface area contributed by atoms with Gasteiger partial charge in [0.25, 0.3) is 0 Å². The minimum atomic E-state index is -0.361. The summed E-state index contributed by atoms with van der Waals surface area (Å²) in [7, 11) is 0. The van der Waals surface area contributed by atoms with Crippen LogP contribution >= 0.6 is 0 Å². The molecule has 0 aromatic carbocycles. The van der Waals surface area contributed by atoms with E-state index in [0.717, 1.165) is 25.9 Å². The van der Waals surface area contributed by atoms with Gasteiger partial charge in [-0.2, -0.15) is 0 Å². The highest BCUT2D eigenvalue weighted by Crippen LogP contribution is 2.14. The van der Waals surface area contributed by atoms with Gasteiger partial charge in [0, 0.05) is 13.1 Å². The average molecular weight is 229 g/mol. The van der Waals surface area contributed by atoms with E-state index in [4.69, 9.17) is 4.74 Å². The maximum atomic E-state index is 11.4. The van der Waals surface area contributed by atoms with Crippen LogP contribution in [0.4, 0.5) is 4.79 Å². The van der Waals surface area contributed by atoms with Gasteiger partial charge in [0.1, 0.15) is 5.60 Å². The molecule has 0 spiro atoms. The van der Waals surface area contributed by atoms with E-state index in [-0.39, 0.29) is 11.7 Å². The molecule has 0 saturated carbocycles. The number of likely N-dealkylation sites (tertiary alicyclic amines) is 1. The molecule has 1 heterocycles. The molecule has 0 aromatic rings. The molecule has 96 valence electrons. The van der Waals surface area contributed by atoms with Crippen LogP contribution in [0.25, 0.3) is 0 Å². The van der Waals surface area contributed by atoms with E-state index < -0.39 is 0 Å². The molecule has 0 radical (unpaired) electrons. The predicted molar refractivity (Wildman–Crippen MR) is 67.6 cm³/mol. The summed E-state index contributed by atoms with van der Waals surface area (Å²) in [5, 5.41) is 0. The summed E-state index contributed by atoms with van der Waals surface area (Å²) in [5.41, 5.74) is -0.361. The summed E-state index contributed by atoms with van der Waals surface area (Å²) in [6, 6.07) is 0. The van der Waals surface area contributed by atoms with Crippen LogP contribution in [0.2, 0.25) is 0 Å².